The van der Waals surface area contributed by atoms with Crippen LogP contribution in [0.25, 0.3) is 0 Å². The fraction of sp³-hybridized carbons (Fsp3) is 0.857. The zero-order valence-corrected chi connectivity index (χ0v) is 6.02. The molecule has 1 unspecified atom stereocenters. The fourth-order valence-corrected chi connectivity index (χ4v) is 1.38. The van der Waals surface area contributed by atoms with E-state index in [0.717, 1.165) is 0 Å². The van der Waals surface area contributed by atoms with Gasteiger partial charge in [0.15, 0.2) is 0 Å². The minimum atomic E-state index is -2.75. The van der Waals surface area contributed by atoms with Crippen LogP contribution < -0.4 is 0 Å². The van der Waals surface area contributed by atoms with Gasteiger partial charge >= 0.3 is 5.97 Å². The Balaban J connectivity index is 2.53. The number of carboxylic acid groups (broad SMARTS) is 1. The first-order chi connectivity index (χ1) is 5.01. The zero-order valence-electron chi connectivity index (χ0n) is 6.02. The normalized spacial score (nSPS) is 29.8. The van der Waals surface area contributed by atoms with Crippen LogP contribution in [-0.4, -0.2) is 17.0 Å². The average Bonchev–Trinajstić information content (AvgIpc) is 1.85. The molecule has 1 rings (SSSR count). The van der Waals surface area contributed by atoms with Gasteiger partial charge in [0.25, 0.3) is 0 Å². The zero-order chi connectivity index (χ0) is 8.48. The Bertz CT molecular complexity index is 168. The van der Waals surface area contributed by atoms with E-state index in [0.29, 0.717) is 12.8 Å². The number of carboxylic acids is 1. The lowest BCUT2D eigenvalue weighted by atomic mass is 9.87. The summed E-state index contributed by atoms with van der Waals surface area (Å²) in [7, 11) is 0. The van der Waals surface area contributed by atoms with Gasteiger partial charge in [-0.2, -0.15) is 0 Å². The first-order valence-electron chi connectivity index (χ1n) is 3.62. The van der Waals surface area contributed by atoms with E-state index in [4.69, 9.17) is 5.11 Å². The van der Waals surface area contributed by atoms with Crippen molar-refractivity contribution in [3.8, 4) is 0 Å². The van der Waals surface area contributed by atoms with E-state index in [1.54, 1.807) is 0 Å². The molecule has 0 radical (unpaired) electrons. The van der Waals surface area contributed by atoms with Gasteiger partial charge in [0.1, 0.15) is 0 Å². The summed E-state index contributed by atoms with van der Waals surface area (Å²) in [6.45, 7) is 0. The van der Waals surface area contributed by atoms with Crippen LogP contribution in [0.3, 0.4) is 0 Å². The molecule has 1 fully saturated rings. The Kier molecular flexibility index (Phi) is 2.11. The molecule has 0 aliphatic heterocycles. The molecule has 11 heavy (non-hydrogen) atoms. The van der Waals surface area contributed by atoms with E-state index < -0.39 is 24.2 Å². The van der Waals surface area contributed by atoms with Gasteiger partial charge in [-0.05, 0) is 12.8 Å². The van der Waals surface area contributed by atoms with Crippen LogP contribution >= 0.6 is 0 Å². The van der Waals surface area contributed by atoms with Crippen LogP contribution in [0, 0.1) is 5.92 Å². The van der Waals surface area contributed by atoms with E-state index in [1.165, 1.54) is 0 Å². The summed E-state index contributed by atoms with van der Waals surface area (Å²) in [5, 5.41) is 8.44. The van der Waals surface area contributed by atoms with Gasteiger partial charge in [0.2, 0.25) is 5.92 Å². The topological polar surface area (TPSA) is 37.3 Å². The summed E-state index contributed by atoms with van der Waals surface area (Å²) < 4.78 is 25.1. The minimum Gasteiger partial charge on any atom is -0.481 e. The van der Waals surface area contributed by atoms with Crippen molar-refractivity contribution >= 4 is 5.97 Å². The summed E-state index contributed by atoms with van der Waals surface area (Å²) in [4.78, 5) is 10.3. The maximum absolute atomic E-state index is 12.6. The van der Waals surface area contributed by atoms with Crippen molar-refractivity contribution in [3.63, 3.8) is 0 Å². The summed E-state index contributed by atoms with van der Waals surface area (Å²) in [5.74, 6) is -4.68. The predicted octanol–water partition coefficient (Wildman–Crippen LogP) is 1.90. The van der Waals surface area contributed by atoms with Crippen LogP contribution in [0.1, 0.15) is 25.7 Å². The number of rotatable bonds is 1. The highest BCUT2D eigenvalue weighted by atomic mass is 19.3. The SMILES string of the molecule is O=C(O)C1CCCC(F)(F)C1. The molecule has 1 atom stereocenters. The van der Waals surface area contributed by atoms with E-state index in [9.17, 15) is 13.6 Å². The lowest BCUT2D eigenvalue weighted by Gasteiger charge is -2.25. The third-order valence-electron chi connectivity index (χ3n) is 1.99. The van der Waals surface area contributed by atoms with Crippen molar-refractivity contribution in [3.05, 3.63) is 0 Å². The van der Waals surface area contributed by atoms with E-state index in [2.05, 4.69) is 0 Å². The van der Waals surface area contributed by atoms with Crippen LogP contribution in [-0.2, 0) is 4.79 Å². The van der Waals surface area contributed by atoms with E-state index in [-0.39, 0.29) is 6.42 Å². The highest BCUT2D eigenvalue weighted by Gasteiger charge is 2.38. The highest BCUT2D eigenvalue weighted by molar-refractivity contribution is 5.70. The molecule has 0 bridgehead atoms. The molecular formula is C7H10F2O2. The van der Waals surface area contributed by atoms with E-state index in [1.807, 2.05) is 0 Å². The Morgan fingerprint density at radius 2 is 2.18 bits per heavy atom. The van der Waals surface area contributed by atoms with Gasteiger partial charge in [-0.25, -0.2) is 8.78 Å². The third-order valence-corrected chi connectivity index (χ3v) is 1.99. The van der Waals surface area contributed by atoms with Crippen molar-refractivity contribution < 1.29 is 18.7 Å². The van der Waals surface area contributed by atoms with Gasteiger partial charge in [0, 0.05) is 12.8 Å². The number of hydrogen-bond donors (Lipinski definition) is 1. The summed E-state index contributed by atoms with van der Waals surface area (Å²) in [6, 6.07) is 0. The maximum atomic E-state index is 12.6. The summed E-state index contributed by atoms with van der Waals surface area (Å²) in [5.41, 5.74) is 0. The summed E-state index contributed by atoms with van der Waals surface area (Å²) >= 11 is 0. The molecule has 1 N–H and O–H groups in total. The van der Waals surface area contributed by atoms with E-state index >= 15 is 0 Å². The predicted molar refractivity (Wildman–Crippen MR) is 34.5 cm³/mol. The molecule has 0 aromatic rings. The van der Waals surface area contributed by atoms with Crippen LogP contribution in [0.15, 0.2) is 0 Å². The number of hydrogen-bond acceptors (Lipinski definition) is 1. The number of alkyl halides is 2. The van der Waals surface area contributed by atoms with Crippen molar-refractivity contribution in [2.45, 2.75) is 31.6 Å². The van der Waals surface area contributed by atoms with Crippen molar-refractivity contribution in [1.29, 1.82) is 0 Å². The molecule has 2 nitrogen and oxygen atoms in total. The standard InChI is InChI=1S/C7H10F2O2/c8-7(9)3-1-2-5(4-7)6(10)11/h5H,1-4H2,(H,10,11). The second-order valence-corrected chi connectivity index (χ2v) is 2.99. The molecule has 64 valence electrons. The van der Waals surface area contributed by atoms with Crippen molar-refractivity contribution in [1.82, 2.24) is 0 Å². The maximum Gasteiger partial charge on any atom is 0.306 e. The second kappa shape index (κ2) is 2.75. The first-order valence-corrected chi connectivity index (χ1v) is 3.62. The van der Waals surface area contributed by atoms with Gasteiger partial charge in [-0.1, -0.05) is 0 Å². The first kappa shape index (κ1) is 8.43. The molecule has 0 heterocycles. The van der Waals surface area contributed by atoms with Gasteiger partial charge in [0.05, 0.1) is 5.92 Å². The van der Waals surface area contributed by atoms with Gasteiger partial charge in [-0.3, -0.25) is 4.79 Å². The molecule has 0 aromatic carbocycles. The molecule has 1 aliphatic rings. The Morgan fingerprint density at radius 3 is 2.55 bits per heavy atom. The third kappa shape index (κ3) is 2.13. The van der Waals surface area contributed by atoms with Crippen LogP contribution in [0.2, 0.25) is 0 Å². The highest BCUT2D eigenvalue weighted by Crippen LogP contribution is 2.36. The number of aliphatic carboxylic acids is 1. The molecular weight excluding hydrogens is 154 g/mol. The number of carbonyl (C=O) groups is 1. The largest absolute Gasteiger partial charge is 0.481 e. The van der Waals surface area contributed by atoms with Crippen molar-refractivity contribution in [2.24, 2.45) is 5.92 Å². The summed E-state index contributed by atoms with van der Waals surface area (Å²) in [6.07, 6.45) is 0.0774. The van der Waals surface area contributed by atoms with Gasteiger partial charge < -0.3 is 5.11 Å². The minimum absolute atomic E-state index is 0.156. The molecule has 4 heteroatoms. The van der Waals surface area contributed by atoms with Gasteiger partial charge in [-0.15, -0.1) is 0 Å². The second-order valence-electron chi connectivity index (χ2n) is 2.99. The molecule has 0 amide bonds. The van der Waals surface area contributed by atoms with Crippen LogP contribution in [0.4, 0.5) is 8.78 Å². The average molecular weight is 164 g/mol. The lowest BCUT2D eigenvalue weighted by molar-refractivity contribution is -0.148. The van der Waals surface area contributed by atoms with Crippen molar-refractivity contribution in [2.75, 3.05) is 0 Å². The Morgan fingerprint density at radius 1 is 1.55 bits per heavy atom. The molecule has 1 saturated carbocycles. The lowest BCUT2D eigenvalue weighted by Crippen LogP contribution is -2.30. The smallest absolute Gasteiger partial charge is 0.306 e. The Hall–Kier alpha value is -0.670. The molecule has 0 spiro atoms. The molecule has 1 aliphatic carbocycles. The monoisotopic (exact) mass is 164 g/mol. The Labute approximate surface area is 63.2 Å². The molecule has 0 aromatic heterocycles. The molecule has 0 saturated heterocycles. The number of halogens is 2. The van der Waals surface area contributed by atoms with Crippen LogP contribution in [0.5, 0.6) is 0 Å². The fourth-order valence-electron chi connectivity index (χ4n) is 1.38. The quantitative estimate of drug-likeness (QED) is 0.642.